The van der Waals surface area contributed by atoms with Crippen molar-refractivity contribution in [2.24, 2.45) is 0 Å². The predicted octanol–water partition coefficient (Wildman–Crippen LogP) is 4.73. The first kappa shape index (κ1) is 22.1. The van der Waals surface area contributed by atoms with Crippen molar-refractivity contribution >= 4 is 16.7 Å². The number of aromatic amines is 1. The van der Waals surface area contributed by atoms with E-state index in [-0.39, 0.29) is 5.78 Å². The number of H-pyrrole nitrogens is 1. The van der Waals surface area contributed by atoms with Gasteiger partial charge in [0.2, 0.25) is 0 Å². The molecule has 3 aromatic rings. The minimum Gasteiger partial charge on any atom is -0.493 e. The number of aliphatic hydroxyl groups is 1. The number of fused-ring (bicyclic) bond motifs is 4. The van der Waals surface area contributed by atoms with E-state index < -0.39 is 11.2 Å². The topological polar surface area (TPSA) is 95.3 Å². The number of hydrogen-bond donors (Lipinski definition) is 2. The lowest BCUT2D eigenvalue weighted by Gasteiger charge is -2.32. The first-order valence-electron chi connectivity index (χ1n) is 10.8. The van der Waals surface area contributed by atoms with Crippen LogP contribution in [0.3, 0.4) is 0 Å². The number of aromatic nitrogens is 1. The zero-order chi connectivity index (χ0) is 23.3. The molecule has 1 aliphatic carbocycles. The average molecular weight is 433 g/mol. The Morgan fingerprint density at radius 1 is 1.19 bits per heavy atom. The highest BCUT2D eigenvalue weighted by molar-refractivity contribution is 6.20. The molecule has 2 aromatic carbocycles. The summed E-state index contributed by atoms with van der Waals surface area (Å²) in [6.45, 7) is 10.1. The van der Waals surface area contributed by atoms with Crippen molar-refractivity contribution in [1.29, 1.82) is 5.26 Å². The first-order valence-corrected chi connectivity index (χ1v) is 10.8. The van der Waals surface area contributed by atoms with Gasteiger partial charge in [0.25, 0.3) is 0 Å². The lowest BCUT2D eigenvalue weighted by atomic mass is 9.71. The molecule has 0 atom stereocenters. The smallest absolute Gasteiger partial charge is 0.195 e. The highest BCUT2D eigenvalue weighted by Gasteiger charge is 2.40. The number of carbonyl (C=O) groups is 1. The maximum atomic E-state index is 13.5. The van der Waals surface area contributed by atoms with E-state index >= 15 is 0 Å². The van der Waals surface area contributed by atoms with Gasteiger partial charge >= 0.3 is 0 Å². The Balaban J connectivity index is 1.66. The second kappa shape index (κ2) is 7.77. The molecule has 4 rings (SSSR count). The number of hydrogen-bond acceptors (Lipinski definition) is 5. The highest BCUT2D eigenvalue weighted by atomic mass is 16.6. The Morgan fingerprint density at radius 2 is 1.94 bits per heavy atom. The van der Waals surface area contributed by atoms with Crippen LogP contribution in [-0.2, 0) is 10.2 Å². The molecule has 2 N–H and O–H groups in total. The second-order valence-corrected chi connectivity index (χ2v) is 9.31. The van der Waals surface area contributed by atoms with Gasteiger partial charge in [-0.15, -0.1) is 0 Å². The van der Waals surface area contributed by atoms with Gasteiger partial charge in [-0.25, -0.2) is 0 Å². The molecular weight excluding hydrogens is 404 g/mol. The molecule has 1 aromatic heterocycles. The SMILES string of the molecule is Cc1c(C#N)ccc2c3c([nH]c12)C(C)(C)c1cc(OCCCOC(C)(C)O)ccc1C3=O. The quantitative estimate of drug-likeness (QED) is 0.434. The van der Waals surface area contributed by atoms with Crippen LogP contribution in [0.4, 0.5) is 0 Å². The summed E-state index contributed by atoms with van der Waals surface area (Å²) in [7, 11) is 0. The number of carbonyl (C=O) groups excluding carboxylic acids is 1. The number of ketones is 1. The zero-order valence-corrected chi connectivity index (χ0v) is 19.1. The molecule has 6 nitrogen and oxygen atoms in total. The van der Waals surface area contributed by atoms with E-state index in [4.69, 9.17) is 9.47 Å². The average Bonchev–Trinajstić information content (AvgIpc) is 3.13. The third-order valence-electron chi connectivity index (χ3n) is 6.13. The fourth-order valence-corrected chi connectivity index (χ4v) is 4.40. The van der Waals surface area contributed by atoms with Gasteiger partial charge in [0, 0.05) is 28.5 Å². The molecule has 0 radical (unpaired) electrons. The van der Waals surface area contributed by atoms with Crippen LogP contribution in [0.25, 0.3) is 10.9 Å². The lowest BCUT2D eigenvalue weighted by molar-refractivity contribution is -0.176. The van der Waals surface area contributed by atoms with E-state index in [0.717, 1.165) is 27.7 Å². The van der Waals surface area contributed by atoms with E-state index in [0.29, 0.717) is 42.1 Å². The van der Waals surface area contributed by atoms with E-state index in [2.05, 4.69) is 24.9 Å². The number of nitrogens with zero attached hydrogens (tertiary/aromatic N) is 1. The van der Waals surface area contributed by atoms with Crippen LogP contribution in [0.2, 0.25) is 0 Å². The lowest BCUT2D eigenvalue weighted by Crippen LogP contribution is -2.30. The normalized spacial score (nSPS) is 14.7. The fraction of sp³-hybridized carbons (Fsp3) is 0.385. The Hall–Kier alpha value is -3.14. The van der Waals surface area contributed by atoms with Crippen LogP contribution in [-0.4, -0.2) is 34.9 Å². The van der Waals surface area contributed by atoms with Gasteiger partial charge in [0.15, 0.2) is 11.6 Å². The summed E-state index contributed by atoms with van der Waals surface area (Å²) in [6.07, 6.45) is 0.635. The van der Waals surface area contributed by atoms with Crippen LogP contribution < -0.4 is 4.74 Å². The van der Waals surface area contributed by atoms with Gasteiger partial charge in [0.1, 0.15) is 5.75 Å². The molecule has 0 fully saturated rings. The monoisotopic (exact) mass is 432 g/mol. The van der Waals surface area contributed by atoms with Crippen molar-refractivity contribution < 1.29 is 19.4 Å². The fourth-order valence-electron chi connectivity index (χ4n) is 4.40. The van der Waals surface area contributed by atoms with Gasteiger partial charge in [-0.3, -0.25) is 4.79 Å². The minimum absolute atomic E-state index is 0.0187. The van der Waals surface area contributed by atoms with Crippen molar-refractivity contribution in [3.63, 3.8) is 0 Å². The Labute approximate surface area is 187 Å². The molecule has 1 heterocycles. The molecule has 0 spiro atoms. The minimum atomic E-state index is -1.15. The predicted molar refractivity (Wildman–Crippen MR) is 122 cm³/mol. The Bertz CT molecular complexity index is 1260. The van der Waals surface area contributed by atoms with Crippen molar-refractivity contribution in [3.8, 4) is 11.8 Å². The highest BCUT2D eigenvalue weighted by Crippen LogP contribution is 2.45. The molecule has 0 unspecified atom stereocenters. The zero-order valence-electron chi connectivity index (χ0n) is 19.1. The number of rotatable bonds is 6. The number of nitrogens with one attached hydrogen (secondary N) is 1. The summed E-state index contributed by atoms with van der Waals surface area (Å²) < 4.78 is 11.2. The van der Waals surface area contributed by atoms with Crippen LogP contribution in [0.1, 0.15) is 72.4 Å². The van der Waals surface area contributed by atoms with Gasteiger partial charge in [0.05, 0.1) is 35.9 Å². The maximum absolute atomic E-state index is 13.5. The summed E-state index contributed by atoms with van der Waals surface area (Å²) in [6, 6.07) is 11.5. The van der Waals surface area contributed by atoms with Crippen LogP contribution >= 0.6 is 0 Å². The van der Waals surface area contributed by atoms with Gasteiger partial charge in [-0.05, 0) is 56.2 Å². The summed E-state index contributed by atoms with van der Waals surface area (Å²) in [5.74, 6) is -0.481. The number of benzene rings is 2. The number of nitriles is 1. The van der Waals surface area contributed by atoms with Crippen LogP contribution in [0, 0.1) is 18.3 Å². The summed E-state index contributed by atoms with van der Waals surface area (Å²) in [5.41, 5.74) is 4.97. The molecule has 1 aliphatic rings. The molecule has 0 bridgehead atoms. The molecule has 32 heavy (non-hydrogen) atoms. The van der Waals surface area contributed by atoms with Crippen LogP contribution in [0.15, 0.2) is 30.3 Å². The van der Waals surface area contributed by atoms with Crippen molar-refractivity contribution in [3.05, 3.63) is 63.8 Å². The van der Waals surface area contributed by atoms with Gasteiger partial charge in [-0.2, -0.15) is 5.26 Å². The summed E-state index contributed by atoms with van der Waals surface area (Å²) in [4.78, 5) is 16.9. The van der Waals surface area contributed by atoms with E-state index in [1.807, 2.05) is 31.2 Å². The molecule has 0 aliphatic heterocycles. The van der Waals surface area contributed by atoms with Crippen molar-refractivity contribution in [2.45, 2.75) is 52.2 Å². The molecule has 6 heteroatoms. The summed E-state index contributed by atoms with van der Waals surface area (Å²) >= 11 is 0. The van der Waals surface area contributed by atoms with E-state index in [9.17, 15) is 15.2 Å². The molecule has 0 saturated heterocycles. The molecular formula is C26H28N2O4. The Kier molecular flexibility index (Phi) is 5.36. The van der Waals surface area contributed by atoms with E-state index in [1.54, 1.807) is 19.9 Å². The largest absolute Gasteiger partial charge is 0.493 e. The van der Waals surface area contributed by atoms with Crippen molar-refractivity contribution in [2.75, 3.05) is 13.2 Å². The summed E-state index contributed by atoms with van der Waals surface area (Å²) in [5, 5.41) is 19.9. The third kappa shape index (κ3) is 3.68. The van der Waals surface area contributed by atoms with Gasteiger partial charge in [-0.1, -0.05) is 19.9 Å². The number of aryl methyl sites for hydroxylation is 1. The van der Waals surface area contributed by atoms with Crippen LogP contribution in [0.5, 0.6) is 5.75 Å². The third-order valence-corrected chi connectivity index (χ3v) is 6.13. The van der Waals surface area contributed by atoms with Gasteiger partial charge < -0.3 is 19.6 Å². The first-order chi connectivity index (χ1) is 15.0. The van der Waals surface area contributed by atoms with Crippen molar-refractivity contribution in [1.82, 2.24) is 4.98 Å². The Morgan fingerprint density at radius 3 is 2.62 bits per heavy atom. The second-order valence-electron chi connectivity index (χ2n) is 9.31. The standard InChI is InChI=1S/C26H28N2O4/c1-15-16(14-27)7-9-19-21-23(29)18-10-8-17(31-11-6-12-32-26(4,5)30)13-20(18)25(2,3)24(21)28-22(15)19/h7-10,13,28,30H,6,11-12H2,1-5H3. The van der Waals surface area contributed by atoms with E-state index in [1.165, 1.54) is 0 Å². The molecule has 0 amide bonds. The molecule has 166 valence electrons. The molecule has 0 saturated carbocycles. The number of ether oxygens (including phenoxy) is 2. The maximum Gasteiger partial charge on any atom is 0.195 e.